The second-order valence-corrected chi connectivity index (χ2v) is 14.0. The fraction of sp³-hybridized carbons (Fsp3) is 0.0612. The van der Waals surface area contributed by atoms with Gasteiger partial charge in [-0.05, 0) is 105 Å². The Balaban J connectivity index is 1.27. The molecule has 9 aromatic carbocycles. The van der Waals surface area contributed by atoms with Crippen molar-refractivity contribution < 1.29 is 0 Å². The first-order valence-corrected chi connectivity index (χ1v) is 17.3. The molecular weight excluding hydrogens is 589 g/mol. The Morgan fingerprint density at radius 1 is 0.306 bits per heavy atom. The van der Waals surface area contributed by atoms with Crippen LogP contribution in [0.2, 0.25) is 0 Å². The number of hydrogen-bond donors (Lipinski definition) is 0. The molecule has 9 aromatic rings. The van der Waals surface area contributed by atoms with Crippen LogP contribution in [-0.2, 0) is 5.41 Å². The summed E-state index contributed by atoms with van der Waals surface area (Å²) >= 11 is 0. The zero-order valence-electron chi connectivity index (χ0n) is 27.7. The minimum Gasteiger partial charge on any atom is -0.0622 e. The third kappa shape index (κ3) is 4.04. The summed E-state index contributed by atoms with van der Waals surface area (Å²) in [4.78, 5) is 0. The van der Waals surface area contributed by atoms with E-state index in [0.29, 0.717) is 0 Å². The highest BCUT2D eigenvalue weighted by molar-refractivity contribution is 6.24. The molecule has 1 aliphatic carbocycles. The second kappa shape index (κ2) is 10.5. The van der Waals surface area contributed by atoms with Crippen molar-refractivity contribution in [3.63, 3.8) is 0 Å². The van der Waals surface area contributed by atoms with Crippen LogP contribution in [0.3, 0.4) is 0 Å². The largest absolute Gasteiger partial charge is 0.0622 e. The fourth-order valence-electron chi connectivity index (χ4n) is 8.80. The summed E-state index contributed by atoms with van der Waals surface area (Å²) in [5, 5.41) is 10.3. The van der Waals surface area contributed by atoms with Gasteiger partial charge in [0.05, 0.1) is 0 Å². The smallest absolute Gasteiger partial charge is 0.0159 e. The molecular formula is C49H34. The lowest BCUT2D eigenvalue weighted by atomic mass is 9.81. The zero-order chi connectivity index (χ0) is 32.7. The summed E-state index contributed by atoms with van der Waals surface area (Å²) in [5.74, 6) is 0. The molecule has 0 heteroatoms. The maximum absolute atomic E-state index is 2.48. The van der Waals surface area contributed by atoms with Crippen LogP contribution in [0.15, 0.2) is 170 Å². The Kier molecular flexibility index (Phi) is 6.02. The molecule has 0 saturated carbocycles. The van der Waals surface area contributed by atoms with Crippen LogP contribution in [-0.4, -0.2) is 0 Å². The van der Waals surface area contributed by atoms with E-state index < -0.39 is 0 Å². The summed E-state index contributed by atoms with van der Waals surface area (Å²) in [5.41, 5.74) is 13.1. The Bertz CT molecular complexity index is 2720. The third-order valence-corrected chi connectivity index (χ3v) is 11.1. The molecule has 0 bridgehead atoms. The van der Waals surface area contributed by atoms with Gasteiger partial charge in [-0.2, -0.15) is 0 Å². The lowest BCUT2D eigenvalue weighted by Gasteiger charge is -2.22. The molecule has 0 fully saturated rings. The Morgan fingerprint density at radius 3 is 1.49 bits per heavy atom. The van der Waals surface area contributed by atoms with Gasteiger partial charge in [-0.3, -0.25) is 0 Å². The highest BCUT2D eigenvalue weighted by Gasteiger charge is 2.36. The van der Waals surface area contributed by atoms with Gasteiger partial charge in [0.2, 0.25) is 0 Å². The molecule has 0 nitrogen and oxygen atoms in total. The van der Waals surface area contributed by atoms with E-state index in [9.17, 15) is 0 Å². The molecule has 49 heavy (non-hydrogen) atoms. The molecule has 0 saturated heterocycles. The molecule has 0 heterocycles. The van der Waals surface area contributed by atoms with Crippen molar-refractivity contribution in [2.45, 2.75) is 19.3 Å². The predicted molar refractivity (Wildman–Crippen MR) is 210 cm³/mol. The van der Waals surface area contributed by atoms with Crippen molar-refractivity contribution in [1.29, 1.82) is 0 Å². The Labute approximate surface area is 286 Å². The van der Waals surface area contributed by atoms with Gasteiger partial charge >= 0.3 is 0 Å². The summed E-state index contributed by atoms with van der Waals surface area (Å²) in [6.07, 6.45) is 0. The molecule has 0 amide bonds. The summed E-state index contributed by atoms with van der Waals surface area (Å²) < 4.78 is 0. The molecule has 0 N–H and O–H groups in total. The first kappa shape index (κ1) is 28.1. The number of benzene rings is 9. The quantitative estimate of drug-likeness (QED) is 0.172. The summed E-state index contributed by atoms with van der Waals surface area (Å²) in [6.45, 7) is 4.75. The molecule has 0 spiro atoms. The van der Waals surface area contributed by atoms with Crippen molar-refractivity contribution in [1.82, 2.24) is 0 Å². The van der Waals surface area contributed by atoms with E-state index in [2.05, 4.69) is 184 Å². The molecule has 230 valence electrons. The van der Waals surface area contributed by atoms with Gasteiger partial charge in [-0.1, -0.05) is 178 Å². The van der Waals surface area contributed by atoms with Crippen LogP contribution < -0.4 is 0 Å². The lowest BCUT2D eigenvalue weighted by molar-refractivity contribution is 0.661. The van der Waals surface area contributed by atoms with E-state index in [1.807, 2.05) is 0 Å². The molecule has 0 aromatic heterocycles. The van der Waals surface area contributed by atoms with Gasteiger partial charge in [-0.15, -0.1) is 0 Å². The van der Waals surface area contributed by atoms with Gasteiger partial charge in [0.25, 0.3) is 0 Å². The second-order valence-electron chi connectivity index (χ2n) is 14.0. The molecule has 0 unspecified atom stereocenters. The lowest BCUT2D eigenvalue weighted by Crippen LogP contribution is -2.14. The minimum absolute atomic E-state index is 0.0613. The van der Waals surface area contributed by atoms with E-state index in [1.165, 1.54) is 98.7 Å². The van der Waals surface area contributed by atoms with E-state index in [-0.39, 0.29) is 5.41 Å². The maximum atomic E-state index is 2.48. The van der Waals surface area contributed by atoms with E-state index in [4.69, 9.17) is 0 Å². The SMILES string of the molecule is CC1(C)c2ccc(-c3c4ccccc4c(-c4ccc(-c5ccccc5)c5ccccc45)c4ccccc34)cc2-c2c1ccc1ccccc21. The third-order valence-electron chi connectivity index (χ3n) is 11.1. The van der Waals surface area contributed by atoms with Gasteiger partial charge in [-0.25, -0.2) is 0 Å². The number of rotatable bonds is 3. The van der Waals surface area contributed by atoms with Gasteiger partial charge in [0.1, 0.15) is 0 Å². The van der Waals surface area contributed by atoms with Crippen molar-refractivity contribution in [3.05, 3.63) is 181 Å². The van der Waals surface area contributed by atoms with Gasteiger partial charge in [0.15, 0.2) is 0 Å². The molecule has 0 aliphatic heterocycles. The summed E-state index contributed by atoms with van der Waals surface area (Å²) in [6, 6.07) is 63.1. The predicted octanol–water partition coefficient (Wildman–Crippen LogP) is 13.6. The topological polar surface area (TPSA) is 0 Å². The minimum atomic E-state index is -0.0613. The maximum Gasteiger partial charge on any atom is 0.0159 e. The monoisotopic (exact) mass is 622 g/mol. The van der Waals surface area contributed by atoms with Crippen LogP contribution in [0.1, 0.15) is 25.0 Å². The van der Waals surface area contributed by atoms with E-state index in [0.717, 1.165) is 0 Å². The highest BCUT2D eigenvalue weighted by Crippen LogP contribution is 2.53. The number of hydrogen-bond acceptors (Lipinski definition) is 0. The molecule has 1 aliphatic rings. The average molecular weight is 623 g/mol. The van der Waals surface area contributed by atoms with Gasteiger partial charge < -0.3 is 0 Å². The van der Waals surface area contributed by atoms with Crippen molar-refractivity contribution in [3.8, 4) is 44.5 Å². The summed E-state index contributed by atoms with van der Waals surface area (Å²) in [7, 11) is 0. The van der Waals surface area contributed by atoms with Crippen LogP contribution in [0.5, 0.6) is 0 Å². The first-order valence-electron chi connectivity index (χ1n) is 17.3. The molecule has 0 radical (unpaired) electrons. The average Bonchev–Trinajstić information content (AvgIpc) is 3.39. The molecule has 0 atom stereocenters. The molecule has 10 rings (SSSR count). The van der Waals surface area contributed by atoms with E-state index in [1.54, 1.807) is 0 Å². The zero-order valence-corrected chi connectivity index (χ0v) is 27.7. The Hall–Kier alpha value is -5.98. The van der Waals surface area contributed by atoms with Crippen LogP contribution in [0.25, 0.3) is 87.6 Å². The van der Waals surface area contributed by atoms with E-state index >= 15 is 0 Å². The van der Waals surface area contributed by atoms with Crippen molar-refractivity contribution in [2.75, 3.05) is 0 Å². The van der Waals surface area contributed by atoms with Gasteiger partial charge in [0, 0.05) is 5.41 Å². The van der Waals surface area contributed by atoms with Crippen LogP contribution in [0, 0.1) is 0 Å². The fourth-order valence-corrected chi connectivity index (χ4v) is 8.80. The highest BCUT2D eigenvalue weighted by atomic mass is 14.4. The van der Waals surface area contributed by atoms with Crippen LogP contribution in [0.4, 0.5) is 0 Å². The van der Waals surface area contributed by atoms with Crippen LogP contribution >= 0.6 is 0 Å². The number of fused-ring (bicyclic) bond motifs is 8. The Morgan fingerprint density at radius 2 is 0.816 bits per heavy atom. The normalized spacial score (nSPS) is 13.3. The van der Waals surface area contributed by atoms with Crippen molar-refractivity contribution >= 4 is 43.1 Å². The first-order chi connectivity index (χ1) is 24.1. The van der Waals surface area contributed by atoms with Crippen molar-refractivity contribution in [2.24, 2.45) is 0 Å². The standard InChI is InChI=1S/C49H34/c1-49(2)44-28-25-33(30-43(44)48-35-17-7-6-16-32(35)24-29-45(48)49)46-38-20-10-12-22-40(38)47(41-23-13-11-21-39(41)46)42-27-26-34(31-14-4-3-5-15-31)36-18-8-9-19-37(36)42/h3-30H,1-2H3.